The summed E-state index contributed by atoms with van der Waals surface area (Å²) in [5.74, 6) is 0.188. The Kier molecular flexibility index (Phi) is 2.88. The Hall–Kier alpha value is -1.53. The molecule has 0 aliphatic rings. The van der Waals surface area contributed by atoms with Crippen LogP contribution in [0, 0.1) is 11.3 Å². The number of rotatable bonds is 2. The minimum absolute atomic E-state index is 0.188. The van der Waals surface area contributed by atoms with Gasteiger partial charge in [-0.15, -0.1) is 0 Å². The Morgan fingerprint density at radius 2 is 2.15 bits per heavy atom. The molecule has 0 aliphatic carbocycles. The van der Waals surface area contributed by atoms with E-state index in [4.69, 9.17) is 5.26 Å². The molecule has 0 saturated heterocycles. The Bertz CT molecular complexity index is 339. The number of hydrogen-bond acceptors (Lipinski definition) is 3. The summed E-state index contributed by atoms with van der Waals surface area (Å²) < 4.78 is 0. The molecule has 0 spiro atoms. The summed E-state index contributed by atoms with van der Waals surface area (Å²) in [5, 5.41) is 18.3. The molecule has 3 heteroatoms. The minimum atomic E-state index is 0.188. The summed E-state index contributed by atoms with van der Waals surface area (Å²) in [5.41, 5.74) is 1.23. The molecule has 0 saturated carbocycles. The van der Waals surface area contributed by atoms with E-state index in [1.807, 2.05) is 19.0 Å². The van der Waals surface area contributed by atoms with Crippen LogP contribution in [-0.4, -0.2) is 24.1 Å². The molecule has 1 rings (SSSR count). The van der Waals surface area contributed by atoms with Crippen LogP contribution in [0.15, 0.2) is 18.2 Å². The van der Waals surface area contributed by atoms with Crippen LogP contribution in [0.2, 0.25) is 0 Å². The number of phenols is 1. The summed E-state index contributed by atoms with van der Waals surface area (Å²) in [7, 11) is 3.79. The van der Waals surface area contributed by atoms with Crippen molar-refractivity contribution in [2.24, 2.45) is 0 Å². The lowest BCUT2D eigenvalue weighted by Gasteiger charge is -2.12. The van der Waals surface area contributed by atoms with Crippen LogP contribution in [0.25, 0.3) is 0 Å². The molecular weight excluding hydrogens is 164 g/mol. The van der Waals surface area contributed by atoms with E-state index in [9.17, 15) is 5.11 Å². The summed E-state index contributed by atoms with van der Waals surface area (Å²) in [6.45, 7) is 0.579. The molecule has 0 amide bonds. The second kappa shape index (κ2) is 3.92. The lowest BCUT2D eigenvalue weighted by Crippen LogP contribution is -2.11. The highest BCUT2D eigenvalue weighted by molar-refractivity contribution is 5.45. The molecule has 1 aromatic rings. The van der Waals surface area contributed by atoms with Crippen molar-refractivity contribution in [3.63, 3.8) is 0 Å². The number of nitrogens with zero attached hydrogens (tertiary/aromatic N) is 2. The van der Waals surface area contributed by atoms with Crippen molar-refractivity contribution in [2.75, 3.05) is 14.1 Å². The van der Waals surface area contributed by atoms with Crippen molar-refractivity contribution in [1.82, 2.24) is 4.90 Å². The average molecular weight is 176 g/mol. The first-order chi connectivity index (χ1) is 6.15. The third kappa shape index (κ3) is 2.20. The van der Waals surface area contributed by atoms with Crippen LogP contribution < -0.4 is 0 Å². The first kappa shape index (κ1) is 9.56. The van der Waals surface area contributed by atoms with E-state index in [0.29, 0.717) is 17.7 Å². The number of benzene rings is 1. The Balaban J connectivity index is 3.10. The average Bonchev–Trinajstić information content (AvgIpc) is 2.08. The topological polar surface area (TPSA) is 47.3 Å². The fourth-order valence-electron chi connectivity index (χ4n) is 1.16. The largest absolute Gasteiger partial charge is 0.508 e. The van der Waals surface area contributed by atoms with Crippen molar-refractivity contribution < 1.29 is 5.11 Å². The monoisotopic (exact) mass is 176 g/mol. The quantitative estimate of drug-likeness (QED) is 0.739. The lowest BCUT2D eigenvalue weighted by molar-refractivity contribution is 0.385. The second-order valence-corrected chi connectivity index (χ2v) is 3.15. The SMILES string of the molecule is CN(C)Cc1c(O)cccc1C#N. The highest BCUT2D eigenvalue weighted by Crippen LogP contribution is 2.21. The van der Waals surface area contributed by atoms with E-state index < -0.39 is 0 Å². The van der Waals surface area contributed by atoms with Gasteiger partial charge in [0.25, 0.3) is 0 Å². The van der Waals surface area contributed by atoms with Gasteiger partial charge >= 0.3 is 0 Å². The molecular formula is C10H12N2O. The standard InChI is InChI=1S/C10H12N2O/c1-12(2)7-9-8(6-11)4-3-5-10(9)13/h3-5,13H,7H2,1-2H3. The zero-order valence-corrected chi connectivity index (χ0v) is 7.78. The van der Waals surface area contributed by atoms with E-state index in [0.717, 1.165) is 0 Å². The fourth-order valence-corrected chi connectivity index (χ4v) is 1.16. The predicted molar refractivity (Wildman–Crippen MR) is 50.2 cm³/mol. The molecule has 0 aliphatic heterocycles. The van der Waals surface area contributed by atoms with Gasteiger partial charge in [0.2, 0.25) is 0 Å². The van der Waals surface area contributed by atoms with Crippen molar-refractivity contribution >= 4 is 0 Å². The zero-order valence-electron chi connectivity index (χ0n) is 7.78. The van der Waals surface area contributed by atoms with Crippen LogP contribution in [0.1, 0.15) is 11.1 Å². The summed E-state index contributed by atoms with van der Waals surface area (Å²) >= 11 is 0. The Morgan fingerprint density at radius 3 is 2.69 bits per heavy atom. The smallest absolute Gasteiger partial charge is 0.121 e. The fraction of sp³-hybridized carbons (Fsp3) is 0.300. The summed E-state index contributed by atoms with van der Waals surface area (Å²) in [6.07, 6.45) is 0. The summed E-state index contributed by atoms with van der Waals surface area (Å²) in [4.78, 5) is 1.91. The maximum atomic E-state index is 9.49. The Morgan fingerprint density at radius 1 is 1.46 bits per heavy atom. The minimum Gasteiger partial charge on any atom is -0.508 e. The van der Waals surface area contributed by atoms with E-state index >= 15 is 0 Å². The van der Waals surface area contributed by atoms with Crippen molar-refractivity contribution in [1.29, 1.82) is 5.26 Å². The predicted octanol–water partition coefficient (Wildman–Crippen LogP) is 1.33. The van der Waals surface area contributed by atoms with Crippen LogP contribution in [0.5, 0.6) is 5.75 Å². The Labute approximate surface area is 77.8 Å². The van der Waals surface area contributed by atoms with Gasteiger partial charge in [-0.25, -0.2) is 0 Å². The first-order valence-electron chi connectivity index (χ1n) is 4.01. The van der Waals surface area contributed by atoms with Crippen LogP contribution >= 0.6 is 0 Å². The van der Waals surface area contributed by atoms with E-state index in [1.54, 1.807) is 18.2 Å². The van der Waals surface area contributed by atoms with E-state index in [2.05, 4.69) is 6.07 Å². The first-order valence-corrected chi connectivity index (χ1v) is 4.01. The van der Waals surface area contributed by atoms with Crippen molar-refractivity contribution in [3.05, 3.63) is 29.3 Å². The molecule has 0 radical (unpaired) electrons. The normalized spacial score (nSPS) is 10.0. The molecule has 0 atom stereocenters. The van der Waals surface area contributed by atoms with E-state index in [-0.39, 0.29) is 5.75 Å². The van der Waals surface area contributed by atoms with Crippen LogP contribution in [0.3, 0.4) is 0 Å². The molecule has 1 N–H and O–H groups in total. The molecule has 13 heavy (non-hydrogen) atoms. The molecule has 68 valence electrons. The lowest BCUT2D eigenvalue weighted by atomic mass is 10.1. The van der Waals surface area contributed by atoms with Gasteiger partial charge in [-0.2, -0.15) is 5.26 Å². The third-order valence-corrected chi connectivity index (χ3v) is 1.75. The molecule has 0 unspecified atom stereocenters. The number of nitriles is 1. The highest BCUT2D eigenvalue weighted by atomic mass is 16.3. The van der Waals surface area contributed by atoms with Crippen molar-refractivity contribution in [3.8, 4) is 11.8 Å². The third-order valence-electron chi connectivity index (χ3n) is 1.75. The van der Waals surface area contributed by atoms with Gasteiger partial charge in [0.15, 0.2) is 0 Å². The highest BCUT2D eigenvalue weighted by Gasteiger charge is 2.07. The zero-order chi connectivity index (χ0) is 9.84. The van der Waals surface area contributed by atoms with Gasteiger partial charge in [0.05, 0.1) is 11.6 Å². The van der Waals surface area contributed by atoms with Crippen LogP contribution in [0.4, 0.5) is 0 Å². The molecule has 0 fully saturated rings. The van der Waals surface area contributed by atoms with Gasteiger partial charge in [-0.3, -0.25) is 0 Å². The van der Waals surface area contributed by atoms with Gasteiger partial charge < -0.3 is 10.0 Å². The molecule has 0 bridgehead atoms. The molecule has 0 heterocycles. The number of phenolic OH excluding ortho intramolecular Hbond substituents is 1. The second-order valence-electron chi connectivity index (χ2n) is 3.15. The van der Waals surface area contributed by atoms with Gasteiger partial charge in [-0.05, 0) is 26.2 Å². The van der Waals surface area contributed by atoms with Crippen LogP contribution in [-0.2, 0) is 6.54 Å². The maximum absolute atomic E-state index is 9.49. The maximum Gasteiger partial charge on any atom is 0.121 e. The molecule has 1 aromatic carbocycles. The van der Waals surface area contributed by atoms with Gasteiger partial charge in [0, 0.05) is 12.1 Å². The summed E-state index contributed by atoms with van der Waals surface area (Å²) in [6, 6.07) is 7.03. The van der Waals surface area contributed by atoms with Crippen molar-refractivity contribution in [2.45, 2.75) is 6.54 Å². The number of aromatic hydroxyl groups is 1. The van der Waals surface area contributed by atoms with Gasteiger partial charge in [-0.1, -0.05) is 6.07 Å². The molecule has 0 aromatic heterocycles. The molecule has 3 nitrogen and oxygen atoms in total. The number of hydrogen-bond donors (Lipinski definition) is 1. The van der Waals surface area contributed by atoms with E-state index in [1.165, 1.54) is 0 Å². The van der Waals surface area contributed by atoms with Gasteiger partial charge in [0.1, 0.15) is 5.75 Å².